The molecular formula is C16H22O2. The lowest BCUT2D eigenvalue weighted by Gasteiger charge is -2.40. The van der Waals surface area contributed by atoms with Crippen molar-refractivity contribution in [3.8, 4) is 0 Å². The van der Waals surface area contributed by atoms with E-state index in [2.05, 4.69) is 19.9 Å². The molecule has 0 aromatic heterocycles. The number of hydrogen-bond acceptors (Lipinski definition) is 1. The number of carbonyl (C=O) groups is 1. The minimum Gasteiger partial charge on any atom is -0.481 e. The Hall–Kier alpha value is -1.31. The zero-order chi connectivity index (χ0) is 13.2. The molecule has 1 aromatic carbocycles. The molecule has 0 amide bonds. The monoisotopic (exact) mass is 246 g/mol. The highest BCUT2D eigenvalue weighted by molar-refractivity contribution is 5.83. The molecule has 2 rings (SSSR count). The first-order valence-electron chi connectivity index (χ1n) is 6.98. The van der Waals surface area contributed by atoms with Crippen LogP contribution in [0.4, 0.5) is 0 Å². The van der Waals surface area contributed by atoms with E-state index < -0.39 is 11.4 Å². The van der Waals surface area contributed by atoms with Crippen molar-refractivity contribution < 1.29 is 9.90 Å². The fraction of sp³-hybridized carbons (Fsp3) is 0.562. The van der Waals surface area contributed by atoms with Gasteiger partial charge in [-0.25, -0.2) is 0 Å². The molecule has 0 atom stereocenters. The van der Waals surface area contributed by atoms with Gasteiger partial charge in [0.1, 0.15) is 0 Å². The lowest BCUT2D eigenvalue weighted by molar-refractivity contribution is -0.147. The van der Waals surface area contributed by atoms with Crippen LogP contribution < -0.4 is 0 Å². The fourth-order valence-electron chi connectivity index (χ4n) is 3.15. The summed E-state index contributed by atoms with van der Waals surface area (Å²) in [6.07, 6.45) is 4.76. The normalized spacial score (nSPS) is 17.5. The maximum atomic E-state index is 11.7. The van der Waals surface area contributed by atoms with Gasteiger partial charge in [0.2, 0.25) is 0 Å². The molecule has 2 nitrogen and oxygen atoms in total. The molecule has 0 saturated heterocycles. The van der Waals surface area contributed by atoms with Gasteiger partial charge >= 0.3 is 5.97 Å². The summed E-state index contributed by atoms with van der Waals surface area (Å²) in [5, 5.41) is 9.59. The third-order valence-electron chi connectivity index (χ3n) is 4.52. The van der Waals surface area contributed by atoms with E-state index in [1.54, 1.807) is 0 Å². The van der Waals surface area contributed by atoms with Gasteiger partial charge in [-0.2, -0.15) is 0 Å². The Kier molecular flexibility index (Phi) is 3.74. The second kappa shape index (κ2) is 5.13. The van der Waals surface area contributed by atoms with Crippen LogP contribution in [0.1, 0.15) is 63.0 Å². The van der Waals surface area contributed by atoms with Crippen molar-refractivity contribution in [1.82, 2.24) is 0 Å². The quantitative estimate of drug-likeness (QED) is 0.849. The van der Waals surface area contributed by atoms with E-state index in [0.29, 0.717) is 5.92 Å². The maximum absolute atomic E-state index is 11.7. The summed E-state index contributed by atoms with van der Waals surface area (Å²) in [7, 11) is 0. The first-order chi connectivity index (χ1) is 8.65. The van der Waals surface area contributed by atoms with Crippen molar-refractivity contribution in [3.05, 3.63) is 35.4 Å². The van der Waals surface area contributed by atoms with E-state index in [0.717, 1.165) is 37.7 Å². The van der Waals surface area contributed by atoms with Gasteiger partial charge in [-0.3, -0.25) is 4.79 Å². The topological polar surface area (TPSA) is 37.3 Å². The molecule has 1 N–H and O–H groups in total. The van der Waals surface area contributed by atoms with Gasteiger partial charge in [-0.05, 0) is 42.7 Å². The van der Waals surface area contributed by atoms with Crippen LogP contribution >= 0.6 is 0 Å². The van der Waals surface area contributed by atoms with Crippen LogP contribution in [0.25, 0.3) is 0 Å². The van der Waals surface area contributed by atoms with Crippen molar-refractivity contribution in [2.24, 2.45) is 0 Å². The summed E-state index contributed by atoms with van der Waals surface area (Å²) >= 11 is 0. The van der Waals surface area contributed by atoms with Gasteiger partial charge in [-0.15, -0.1) is 0 Å². The van der Waals surface area contributed by atoms with Crippen LogP contribution in [0.15, 0.2) is 24.3 Å². The van der Waals surface area contributed by atoms with Crippen LogP contribution in [0.5, 0.6) is 0 Å². The summed E-state index contributed by atoms with van der Waals surface area (Å²) in [5.41, 5.74) is 1.72. The minimum absolute atomic E-state index is 0.484. The number of rotatable bonds is 5. The van der Waals surface area contributed by atoms with Crippen LogP contribution in [0, 0.1) is 0 Å². The van der Waals surface area contributed by atoms with Crippen molar-refractivity contribution in [1.29, 1.82) is 0 Å². The molecule has 1 aromatic rings. The Morgan fingerprint density at radius 3 is 2.33 bits per heavy atom. The molecular weight excluding hydrogens is 224 g/mol. The number of benzene rings is 1. The molecule has 1 aliphatic rings. The van der Waals surface area contributed by atoms with E-state index >= 15 is 0 Å². The number of aliphatic carboxylic acids is 1. The lowest BCUT2D eigenvalue weighted by atomic mass is 9.62. The third kappa shape index (κ3) is 1.94. The number of carboxylic acid groups (broad SMARTS) is 1. The SMILES string of the molecule is CCC(CC)c1ccccc1C1(C(=O)O)CCC1. The van der Waals surface area contributed by atoms with Crippen molar-refractivity contribution in [3.63, 3.8) is 0 Å². The van der Waals surface area contributed by atoms with E-state index in [9.17, 15) is 9.90 Å². The zero-order valence-electron chi connectivity index (χ0n) is 11.3. The predicted octanol–water partition coefficient (Wildman–Crippen LogP) is 4.10. The zero-order valence-corrected chi connectivity index (χ0v) is 11.3. The Morgan fingerprint density at radius 2 is 1.89 bits per heavy atom. The number of hydrogen-bond donors (Lipinski definition) is 1. The van der Waals surface area contributed by atoms with Gasteiger partial charge in [-0.1, -0.05) is 44.5 Å². The van der Waals surface area contributed by atoms with Gasteiger partial charge in [0.25, 0.3) is 0 Å². The second-order valence-corrected chi connectivity index (χ2v) is 5.34. The molecule has 2 heteroatoms. The molecule has 0 radical (unpaired) electrons. The Balaban J connectivity index is 2.47. The molecule has 98 valence electrons. The van der Waals surface area contributed by atoms with Crippen LogP contribution in [0.2, 0.25) is 0 Å². The first kappa shape index (κ1) is 13.1. The molecule has 0 bridgehead atoms. The van der Waals surface area contributed by atoms with Gasteiger partial charge < -0.3 is 5.11 Å². The van der Waals surface area contributed by atoms with Crippen molar-refractivity contribution in [2.75, 3.05) is 0 Å². The Morgan fingerprint density at radius 1 is 1.28 bits per heavy atom. The standard InChI is InChI=1S/C16H22O2/c1-3-12(4-2)13-8-5-6-9-14(13)16(15(17)18)10-7-11-16/h5-6,8-9,12H,3-4,7,10-11H2,1-2H3,(H,17,18). The van der Waals surface area contributed by atoms with E-state index in [1.807, 2.05) is 18.2 Å². The molecule has 1 aliphatic carbocycles. The van der Waals surface area contributed by atoms with Crippen LogP contribution in [-0.2, 0) is 10.2 Å². The summed E-state index contributed by atoms with van der Waals surface area (Å²) in [5.74, 6) is -0.162. The molecule has 0 aliphatic heterocycles. The average Bonchev–Trinajstić information content (AvgIpc) is 2.30. The summed E-state index contributed by atoms with van der Waals surface area (Å²) < 4.78 is 0. The van der Waals surface area contributed by atoms with E-state index in [-0.39, 0.29) is 0 Å². The molecule has 1 fully saturated rings. The molecule has 0 spiro atoms. The predicted molar refractivity (Wildman–Crippen MR) is 72.9 cm³/mol. The second-order valence-electron chi connectivity index (χ2n) is 5.34. The molecule has 0 heterocycles. The van der Waals surface area contributed by atoms with Crippen LogP contribution in [0.3, 0.4) is 0 Å². The van der Waals surface area contributed by atoms with Gasteiger partial charge in [0.15, 0.2) is 0 Å². The minimum atomic E-state index is -0.646. The van der Waals surface area contributed by atoms with Crippen molar-refractivity contribution >= 4 is 5.97 Å². The van der Waals surface area contributed by atoms with Gasteiger partial charge in [0.05, 0.1) is 5.41 Å². The Labute approximate surface area is 109 Å². The Bertz CT molecular complexity index is 428. The summed E-state index contributed by atoms with van der Waals surface area (Å²) in [4.78, 5) is 11.7. The smallest absolute Gasteiger partial charge is 0.314 e. The molecule has 0 unspecified atom stereocenters. The lowest BCUT2D eigenvalue weighted by Crippen LogP contribution is -2.43. The molecule has 18 heavy (non-hydrogen) atoms. The molecule has 1 saturated carbocycles. The highest BCUT2D eigenvalue weighted by Crippen LogP contribution is 2.47. The fourth-order valence-corrected chi connectivity index (χ4v) is 3.15. The van der Waals surface area contributed by atoms with Gasteiger partial charge in [0, 0.05) is 0 Å². The van der Waals surface area contributed by atoms with E-state index in [1.165, 1.54) is 5.56 Å². The first-order valence-corrected chi connectivity index (χ1v) is 6.98. The van der Waals surface area contributed by atoms with Crippen LogP contribution in [-0.4, -0.2) is 11.1 Å². The van der Waals surface area contributed by atoms with Crippen molar-refractivity contribution in [2.45, 2.75) is 57.3 Å². The average molecular weight is 246 g/mol. The highest BCUT2D eigenvalue weighted by atomic mass is 16.4. The highest BCUT2D eigenvalue weighted by Gasteiger charge is 2.47. The maximum Gasteiger partial charge on any atom is 0.314 e. The number of carboxylic acids is 1. The summed E-state index contributed by atoms with van der Waals surface area (Å²) in [6, 6.07) is 8.16. The largest absolute Gasteiger partial charge is 0.481 e. The van der Waals surface area contributed by atoms with E-state index in [4.69, 9.17) is 0 Å². The summed E-state index contributed by atoms with van der Waals surface area (Å²) in [6.45, 7) is 4.36. The third-order valence-corrected chi connectivity index (χ3v) is 4.52.